The Labute approximate surface area is 115 Å². The van der Waals surface area contributed by atoms with Crippen molar-refractivity contribution < 1.29 is 9.47 Å². The summed E-state index contributed by atoms with van der Waals surface area (Å²) in [5.74, 6) is 0.748. The van der Waals surface area contributed by atoms with Crippen molar-refractivity contribution in [1.82, 2.24) is 4.90 Å². The summed E-state index contributed by atoms with van der Waals surface area (Å²) >= 11 is 0. The van der Waals surface area contributed by atoms with Gasteiger partial charge in [0.25, 0.3) is 0 Å². The molecule has 0 spiro atoms. The van der Waals surface area contributed by atoms with Crippen molar-refractivity contribution in [3.8, 4) is 5.75 Å². The monoisotopic (exact) mass is 264 g/mol. The van der Waals surface area contributed by atoms with Crippen LogP contribution in [-0.2, 0) is 11.2 Å². The molecule has 0 aliphatic carbocycles. The fourth-order valence-electron chi connectivity index (χ4n) is 2.69. The molecular formula is C15H24N2O2. The van der Waals surface area contributed by atoms with Crippen molar-refractivity contribution in [3.63, 3.8) is 0 Å². The van der Waals surface area contributed by atoms with Gasteiger partial charge in [0.15, 0.2) is 0 Å². The molecule has 0 aromatic heterocycles. The molecule has 19 heavy (non-hydrogen) atoms. The maximum Gasteiger partial charge on any atom is 0.141 e. The van der Waals surface area contributed by atoms with Gasteiger partial charge in [0.05, 0.1) is 25.0 Å². The van der Waals surface area contributed by atoms with Crippen LogP contribution < -0.4 is 10.5 Å². The van der Waals surface area contributed by atoms with E-state index in [9.17, 15) is 0 Å². The summed E-state index contributed by atoms with van der Waals surface area (Å²) in [6, 6.07) is 6.03. The average Bonchev–Trinajstić information content (AvgIpc) is 2.35. The highest BCUT2D eigenvalue weighted by Crippen LogP contribution is 2.22. The van der Waals surface area contributed by atoms with E-state index in [4.69, 9.17) is 15.2 Å². The van der Waals surface area contributed by atoms with E-state index in [0.29, 0.717) is 17.9 Å². The zero-order chi connectivity index (χ0) is 13.8. The van der Waals surface area contributed by atoms with E-state index in [1.54, 1.807) is 7.11 Å². The molecule has 0 radical (unpaired) electrons. The Balaban J connectivity index is 1.89. The number of methoxy groups -OCH3 is 1. The fraction of sp³-hybridized carbons (Fsp3) is 0.600. The third-order valence-corrected chi connectivity index (χ3v) is 3.51. The molecular weight excluding hydrogens is 240 g/mol. The number of nitrogens with zero attached hydrogens (tertiary/aromatic N) is 1. The second-order valence-corrected chi connectivity index (χ2v) is 5.34. The summed E-state index contributed by atoms with van der Waals surface area (Å²) < 4.78 is 10.9. The standard InChI is InChI=1S/C15H24N2O2/c1-11-9-17(10-12(2)19-11)7-6-13-4-5-15(18-3)14(16)8-13/h4-5,8,11-12H,6-7,9-10,16H2,1-3H3. The van der Waals surface area contributed by atoms with Crippen LogP contribution in [0.2, 0.25) is 0 Å². The van der Waals surface area contributed by atoms with E-state index in [-0.39, 0.29) is 0 Å². The molecule has 1 heterocycles. The molecule has 0 bridgehead atoms. The van der Waals surface area contributed by atoms with E-state index >= 15 is 0 Å². The normalized spacial score (nSPS) is 24.4. The second-order valence-electron chi connectivity index (χ2n) is 5.34. The van der Waals surface area contributed by atoms with Gasteiger partial charge < -0.3 is 15.2 Å². The van der Waals surface area contributed by atoms with Gasteiger partial charge in [-0.15, -0.1) is 0 Å². The predicted molar refractivity (Wildman–Crippen MR) is 77.6 cm³/mol. The lowest BCUT2D eigenvalue weighted by Gasteiger charge is -2.35. The predicted octanol–water partition coefficient (Wildman–Crippen LogP) is 1.93. The van der Waals surface area contributed by atoms with Crippen LogP contribution in [0.5, 0.6) is 5.75 Å². The first-order valence-electron chi connectivity index (χ1n) is 6.88. The van der Waals surface area contributed by atoms with Crippen molar-refractivity contribution in [2.24, 2.45) is 0 Å². The van der Waals surface area contributed by atoms with E-state index in [0.717, 1.165) is 31.8 Å². The second kappa shape index (κ2) is 6.26. The minimum absolute atomic E-state index is 0.324. The van der Waals surface area contributed by atoms with E-state index in [1.807, 2.05) is 12.1 Å². The number of benzene rings is 1. The van der Waals surface area contributed by atoms with Crippen LogP contribution in [0.4, 0.5) is 5.69 Å². The molecule has 2 atom stereocenters. The number of morpholine rings is 1. The lowest BCUT2D eigenvalue weighted by Crippen LogP contribution is -2.46. The first-order chi connectivity index (χ1) is 9.08. The third-order valence-electron chi connectivity index (χ3n) is 3.51. The van der Waals surface area contributed by atoms with Gasteiger partial charge in [0.1, 0.15) is 5.75 Å². The summed E-state index contributed by atoms with van der Waals surface area (Å²) in [6.45, 7) is 7.33. The maximum atomic E-state index is 5.93. The van der Waals surface area contributed by atoms with Crippen LogP contribution in [0.15, 0.2) is 18.2 Å². The summed E-state index contributed by atoms with van der Waals surface area (Å²) in [5, 5.41) is 0. The number of ether oxygens (including phenoxy) is 2. The first kappa shape index (κ1) is 14.2. The summed E-state index contributed by atoms with van der Waals surface area (Å²) in [6.07, 6.45) is 1.66. The molecule has 2 unspecified atom stereocenters. The molecule has 1 aliphatic heterocycles. The molecule has 4 nitrogen and oxygen atoms in total. The van der Waals surface area contributed by atoms with Crippen LogP contribution in [0.3, 0.4) is 0 Å². The molecule has 1 aromatic carbocycles. The van der Waals surface area contributed by atoms with Crippen molar-refractivity contribution in [1.29, 1.82) is 0 Å². The highest BCUT2D eigenvalue weighted by Gasteiger charge is 2.21. The Morgan fingerprint density at radius 3 is 2.58 bits per heavy atom. The Kier molecular flexibility index (Phi) is 4.66. The van der Waals surface area contributed by atoms with Gasteiger partial charge in [-0.3, -0.25) is 4.90 Å². The maximum absolute atomic E-state index is 5.93. The number of hydrogen-bond acceptors (Lipinski definition) is 4. The first-order valence-corrected chi connectivity index (χ1v) is 6.88. The van der Waals surface area contributed by atoms with Gasteiger partial charge in [0.2, 0.25) is 0 Å². The highest BCUT2D eigenvalue weighted by molar-refractivity contribution is 5.54. The van der Waals surface area contributed by atoms with Crippen LogP contribution in [0.25, 0.3) is 0 Å². The van der Waals surface area contributed by atoms with Gasteiger partial charge in [-0.05, 0) is 38.0 Å². The zero-order valence-electron chi connectivity index (χ0n) is 12.1. The molecule has 4 heteroatoms. The minimum Gasteiger partial charge on any atom is -0.495 e. The quantitative estimate of drug-likeness (QED) is 0.844. The average molecular weight is 264 g/mol. The molecule has 0 amide bonds. The fourth-order valence-corrected chi connectivity index (χ4v) is 2.69. The van der Waals surface area contributed by atoms with Crippen LogP contribution in [0, 0.1) is 0 Å². The Bertz CT molecular complexity index is 413. The van der Waals surface area contributed by atoms with Crippen LogP contribution in [0.1, 0.15) is 19.4 Å². The van der Waals surface area contributed by atoms with Crippen LogP contribution >= 0.6 is 0 Å². The number of nitrogens with two attached hydrogens (primary N) is 1. The van der Waals surface area contributed by atoms with Crippen molar-refractivity contribution in [2.75, 3.05) is 32.5 Å². The number of anilines is 1. The van der Waals surface area contributed by atoms with E-state index in [1.165, 1.54) is 5.56 Å². The van der Waals surface area contributed by atoms with Crippen LogP contribution in [-0.4, -0.2) is 43.9 Å². The number of nitrogen functional groups attached to an aromatic ring is 1. The van der Waals surface area contributed by atoms with Gasteiger partial charge in [-0.2, -0.15) is 0 Å². The van der Waals surface area contributed by atoms with Gasteiger partial charge in [-0.1, -0.05) is 6.07 Å². The summed E-state index contributed by atoms with van der Waals surface area (Å²) in [5.41, 5.74) is 7.89. The summed E-state index contributed by atoms with van der Waals surface area (Å²) in [7, 11) is 1.64. The SMILES string of the molecule is COc1ccc(CCN2CC(C)OC(C)C2)cc1N. The van der Waals surface area contributed by atoms with E-state index in [2.05, 4.69) is 24.8 Å². The Hall–Kier alpha value is -1.26. The lowest BCUT2D eigenvalue weighted by molar-refractivity contribution is -0.0675. The third kappa shape index (κ3) is 3.85. The molecule has 1 aromatic rings. The molecule has 1 fully saturated rings. The van der Waals surface area contributed by atoms with Gasteiger partial charge in [-0.25, -0.2) is 0 Å². The Morgan fingerprint density at radius 1 is 1.32 bits per heavy atom. The smallest absolute Gasteiger partial charge is 0.141 e. The van der Waals surface area contributed by atoms with E-state index < -0.39 is 0 Å². The minimum atomic E-state index is 0.324. The number of rotatable bonds is 4. The van der Waals surface area contributed by atoms with Gasteiger partial charge in [0, 0.05) is 19.6 Å². The highest BCUT2D eigenvalue weighted by atomic mass is 16.5. The zero-order valence-corrected chi connectivity index (χ0v) is 12.1. The largest absolute Gasteiger partial charge is 0.495 e. The Morgan fingerprint density at radius 2 is 2.00 bits per heavy atom. The topological polar surface area (TPSA) is 47.7 Å². The molecule has 2 N–H and O–H groups in total. The van der Waals surface area contributed by atoms with Crippen molar-refractivity contribution in [2.45, 2.75) is 32.5 Å². The lowest BCUT2D eigenvalue weighted by atomic mass is 10.1. The molecule has 0 saturated carbocycles. The van der Waals surface area contributed by atoms with Crippen molar-refractivity contribution >= 4 is 5.69 Å². The summed E-state index contributed by atoms with van der Waals surface area (Å²) in [4.78, 5) is 2.46. The molecule has 1 saturated heterocycles. The molecule has 1 aliphatic rings. The molecule has 106 valence electrons. The number of hydrogen-bond donors (Lipinski definition) is 1. The molecule has 2 rings (SSSR count). The van der Waals surface area contributed by atoms with Gasteiger partial charge >= 0.3 is 0 Å². The van der Waals surface area contributed by atoms with Crippen molar-refractivity contribution in [3.05, 3.63) is 23.8 Å².